The lowest BCUT2D eigenvalue weighted by atomic mass is 9.85. The molecular formula is C32H48N4O9S. The molecular weight excluding hydrogens is 616 g/mol. The standard InChI is InChI=1S/C32H48N4O9S/c1-22-28(46-21-35-22)24-7-5-23(6-8-24)18-34-30(40)26-17-25(37)19-36(26)31(41)29(32(2,3)4)33-9-10-42-11-12-43-13-14-44-15-16-45-20-27(38)39/h5-8,21,25-26,29,33,37H,9-20H2,1-4H3,(H,34,40)(H,38,39)/t25-,26+,29-/m1/s1. The number of carboxylic acid groups (broad SMARTS) is 1. The van der Waals surface area contributed by atoms with Gasteiger partial charge < -0.3 is 44.7 Å². The number of aryl methyl sites for hydroxylation is 1. The molecule has 0 saturated carbocycles. The molecule has 14 heteroatoms. The molecule has 3 atom stereocenters. The van der Waals surface area contributed by atoms with Crippen LogP contribution in [0.3, 0.4) is 0 Å². The number of aromatic nitrogens is 1. The third-order valence-corrected chi connectivity index (χ3v) is 8.32. The van der Waals surface area contributed by atoms with Gasteiger partial charge in [-0.1, -0.05) is 45.0 Å². The summed E-state index contributed by atoms with van der Waals surface area (Å²) in [7, 11) is 0. The van der Waals surface area contributed by atoms with Crippen LogP contribution >= 0.6 is 11.3 Å². The minimum atomic E-state index is -1.02. The van der Waals surface area contributed by atoms with Crippen molar-refractivity contribution >= 4 is 29.1 Å². The van der Waals surface area contributed by atoms with Gasteiger partial charge in [-0.15, -0.1) is 11.3 Å². The number of amides is 2. The van der Waals surface area contributed by atoms with Crippen LogP contribution in [0.25, 0.3) is 10.4 Å². The fraction of sp³-hybridized carbons (Fsp3) is 0.625. The summed E-state index contributed by atoms with van der Waals surface area (Å²) in [5, 5.41) is 25.2. The molecule has 1 aromatic carbocycles. The van der Waals surface area contributed by atoms with Gasteiger partial charge in [-0.3, -0.25) is 9.59 Å². The molecule has 2 aromatic rings. The zero-order valence-electron chi connectivity index (χ0n) is 27.2. The van der Waals surface area contributed by atoms with Crippen molar-refractivity contribution in [2.75, 3.05) is 65.9 Å². The van der Waals surface area contributed by atoms with Crippen LogP contribution < -0.4 is 10.6 Å². The molecule has 0 radical (unpaired) electrons. The lowest BCUT2D eigenvalue weighted by Gasteiger charge is -2.35. The van der Waals surface area contributed by atoms with Crippen LogP contribution in [0.15, 0.2) is 29.8 Å². The average molecular weight is 665 g/mol. The number of carbonyl (C=O) groups is 3. The smallest absolute Gasteiger partial charge is 0.329 e. The highest BCUT2D eigenvalue weighted by Gasteiger charge is 2.43. The van der Waals surface area contributed by atoms with Gasteiger partial charge in [-0.25, -0.2) is 9.78 Å². The summed E-state index contributed by atoms with van der Waals surface area (Å²) in [4.78, 5) is 44.3. The Morgan fingerprint density at radius 3 is 2.17 bits per heavy atom. The molecule has 1 aliphatic heterocycles. The number of rotatable bonds is 20. The van der Waals surface area contributed by atoms with Crippen molar-refractivity contribution in [2.24, 2.45) is 5.41 Å². The van der Waals surface area contributed by atoms with Crippen LogP contribution in [0.1, 0.15) is 38.4 Å². The second-order valence-corrected chi connectivity index (χ2v) is 13.0. The summed E-state index contributed by atoms with van der Waals surface area (Å²) in [6.45, 7) is 10.6. The summed E-state index contributed by atoms with van der Waals surface area (Å²) < 4.78 is 21.3. The first-order valence-corrected chi connectivity index (χ1v) is 16.4. The molecule has 256 valence electrons. The molecule has 0 bridgehead atoms. The van der Waals surface area contributed by atoms with E-state index in [-0.39, 0.29) is 44.6 Å². The Bertz CT molecular complexity index is 1230. The topological polar surface area (TPSA) is 169 Å². The Labute approximate surface area is 274 Å². The molecule has 0 aliphatic carbocycles. The summed E-state index contributed by atoms with van der Waals surface area (Å²) in [5.41, 5.74) is 4.36. The van der Waals surface area contributed by atoms with E-state index in [1.54, 1.807) is 11.3 Å². The van der Waals surface area contributed by atoms with Crippen molar-refractivity contribution in [2.45, 2.75) is 58.8 Å². The average Bonchev–Trinajstić information content (AvgIpc) is 3.62. The van der Waals surface area contributed by atoms with Gasteiger partial charge in [0.05, 0.1) is 74.5 Å². The number of thiazole rings is 1. The fourth-order valence-electron chi connectivity index (χ4n) is 4.99. The number of aliphatic carboxylic acids is 1. The molecule has 1 aromatic heterocycles. The number of nitrogens with zero attached hydrogens (tertiary/aromatic N) is 2. The van der Waals surface area contributed by atoms with Crippen LogP contribution in [0.5, 0.6) is 0 Å². The highest BCUT2D eigenvalue weighted by atomic mass is 32.1. The molecule has 2 amide bonds. The summed E-state index contributed by atoms with van der Waals surface area (Å²) in [5.74, 6) is -1.54. The zero-order chi connectivity index (χ0) is 33.5. The van der Waals surface area contributed by atoms with Crippen LogP contribution in [0.4, 0.5) is 0 Å². The van der Waals surface area contributed by atoms with Crippen LogP contribution in [0.2, 0.25) is 0 Å². The zero-order valence-corrected chi connectivity index (χ0v) is 28.0. The molecule has 46 heavy (non-hydrogen) atoms. The van der Waals surface area contributed by atoms with E-state index >= 15 is 0 Å². The van der Waals surface area contributed by atoms with Crippen molar-refractivity contribution in [1.82, 2.24) is 20.5 Å². The molecule has 1 fully saturated rings. The highest BCUT2D eigenvalue weighted by molar-refractivity contribution is 7.13. The van der Waals surface area contributed by atoms with Gasteiger partial charge in [0.2, 0.25) is 11.8 Å². The minimum absolute atomic E-state index is 0.0982. The quantitative estimate of drug-likeness (QED) is 0.153. The summed E-state index contributed by atoms with van der Waals surface area (Å²) in [6.07, 6.45) is -0.591. The first-order valence-electron chi connectivity index (χ1n) is 15.5. The van der Waals surface area contributed by atoms with Gasteiger partial charge in [-0.2, -0.15) is 0 Å². The minimum Gasteiger partial charge on any atom is -0.480 e. The molecule has 2 heterocycles. The summed E-state index contributed by atoms with van der Waals surface area (Å²) >= 11 is 1.59. The second kappa shape index (κ2) is 19.0. The van der Waals surface area contributed by atoms with Gasteiger partial charge in [0.15, 0.2) is 0 Å². The van der Waals surface area contributed by atoms with Crippen LogP contribution in [-0.2, 0) is 39.9 Å². The van der Waals surface area contributed by atoms with Gasteiger partial charge in [0.1, 0.15) is 12.6 Å². The van der Waals surface area contributed by atoms with E-state index in [0.29, 0.717) is 46.1 Å². The Hall–Kier alpha value is -2.98. The first kappa shape index (κ1) is 37.5. The first-order chi connectivity index (χ1) is 22.0. The van der Waals surface area contributed by atoms with Gasteiger partial charge in [-0.05, 0) is 23.5 Å². The number of nitrogens with one attached hydrogen (secondary N) is 2. The molecule has 4 N–H and O–H groups in total. The highest BCUT2D eigenvalue weighted by Crippen LogP contribution is 2.28. The molecule has 0 spiro atoms. The Morgan fingerprint density at radius 1 is 1.00 bits per heavy atom. The van der Waals surface area contributed by atoms with E-state index in [2.05, 4.69) is 15.6 Å². The van der Waals surface area contributed by atoms with Gasteiger partial charge >= 0.3 is 5.97 Å². The molecule has 13 nitrogen and oxygen atoms in total. The number of aliphatic hydroxyl groups excluding tert-OH is 1. The lowest BCUT2D eigenvalue weighted by Crippen LogP contribution is -2.57. The molecule has 3 rings (SSSR count). The number of carbonyl (C=O) groups excluding carboxylic acids is 2. The summed E-state index contributed by atoms with van der Waals surface area (Å²) in [6, 6.07) is 6.60. The largest absolute Gasteiger partial charge is 0.480 e. The maximum atomic E-state index is 13.7. The number of ether oxygens (including phenoxy) is 4. The Morgan fingerprint density at radius 2 is 1.61 bits per heavy atom. The predicted molar refractivity (Wildman–Crippen MR) is 172 cm³/mol. The van der Waals surface area contributed by atoms with E-state index in [9.17, 15) is 19.5 Å². The third-order valence-electron chi connectivity index (χ3n) is 7.34. The van der Waals surface area contributed by atoms with E-state index in [1.807, 2.05) is 57.5 Å². The number of benzene rings is 1. The van der Waals surface area contributed by atoms with Crippen molar-refractivity contribution in [1.29, 1.82) is 0 Å². The maximum absolute atomic E-state index is 13.7. The van der Waals surface area contributed by atoms with Crippen LogP contribution in [-0.4, -0.2) is 122 Å². The van der Waals surface area contributed by atoms with Crippen molar-refractivity contribution < 1.29 is 43.5 Å². The number of hydrogen-bond donors (Lipinski definition) is 4. The maximum Gasteiger partial charge on any atom is 0.329 e. The molecule has 1 aliphatic rings. The monoisotopic (exact) mass is 664 g/mol. The number of β-amino-alcohol motifs (C(OH)–C–C–N with tert-alkyl or cyclic N) is 1. The lowest BCUT2D eigenvalue weighted by molar-refractivity contribution is -0.143. The van der Waals surface area contributed by atoms with Crippen LogP contribution in [0, 0.1) is 12.3 Å². The van der Waals surface area contributed by atoms with E-state index < -0.39 is 29.6 Å². The predicted octanol–water partition coefficient (Wildman–Crippen LogP) is 1.85. The Balaban J connectivity index is 1.39. The fourth-order valence-corrected chi connectivity index (χ4v) is 5.80. The van der Waals surface area contributed by atoms with E-state index in [0.717, 1.165) is 21.7 Å². The second-order valence-electron chi connectivity index (χ2n) is 12.1. The Kier molecular flexibility index (Phi) is 15.5. The normalized spacial score (nSPS) is 17.3. The number of aliphatic hydroxyl groups is 1. The van der Waals surface area contributed by atoms with Crippen molar-refractivity contribution in [3.63, 3.8) is 0 Å². The van der Waals surface area contributed by atoms with Crippen molar-refractivity contribution in [3.05, 3.63) is 41.0 Å². The number of likely N-dealkylation sites (tertiary alicyclic amines) is 1. The third kappa shape index (κ3) is 12.3. The van der Waals surface area contributed by atoms with Gasteiger partial charge in [0, 0.05) is 26.1 Å². The molecule has 1 saturated heterocycles. The SMILES string of the molecule is Cc1ncsc1-c1ccc(CNC(=O)[C@@H]2C[C@@H](O)CN2C(=O)[C@@H](NCCOCCOCCOCCOCC(=O)O)C(C)(C)C)cc1. The number of carboxylic acids is 1. The van der Waals surface area contributed by atoms with E-state index in [1.165, 1.54) is 4.90 Å². The van der Waals surface area contributed by atoms with Gasteiger partial charge in [0.25, 0.3) is 0 Å². The van der Waals surface area contributed by atoms with Crippen molar-refractivity contribution in [3.8, 4) is 10.4 Å². The van der Waals surface area contributed by atoms with E-state index in [4.69, 9.17) is 24.1 Å². The number of hydrogen-bond acceptors (Lipinski definition) is 11. The molecule has 0 unspecified atom stereocenters.